The van der Waals surface area contributed by atoms with Gasteiger partial charge in [-0.25, -0.2) is 0 Å². The van der Waals surface area contributed by atoms with Crippen LogP contribution in [0.15, 0.2) is 30.3 Å². The van der Waals surface area contributed by atoms with Crippen LogP contribution in [0.1, 0.15) is 17.9 Å². The molecule has 0 fully saturated rings. The summed E-state index contributed by atoms with van der Waals surface area (Å²) in [4.78, 5) is 14.2. The number of rotatable bonds is 6. The second-order valence-electron chi connectivity index (χ2n) is 4.26. The molecule has 0 heterocycles. The smallest absolute Gasteiger partial charge is 0.164 e. The first-order valence-corrected chi connectivity index (χ1v) is 7.37. The van der Waals surface area contributed by atoms with Gasteiger partial charge in [0.1, 0.15) is 3.74 Å². The van der Waals surface area contributed by atoms with Crippen LogP contribution in [0, 0.1) is 0 Å². The molecular weight excluding hydrogens is 346 g/mol. The Bertz CT molecular complexity index is 352. The van der Waals surface area contributed by atoms with Gasteiger partial charge in [-0.2, -0.15) is 0 Å². The Labute approximate surface area is 120 Å². The summed E-state index contributed by atoms with van der Waals surface area (Å²) in [7, 11) is 4.04. The molecule has 17 heavy (non-hydrogen) atoms. The number of nitrogens with zero attached hydrogens (tertiary/aromatic N) is 1. The number of ketones is 1. The van der Waals surface area contributed by atoms with E-state index in [0.717, 1.165) is 18.5 Å². The molecule has 1 rings (SSSR count). The Kier molecular flexibility index (Phi) is 6.38. The fourth-order valence-corrected chi connectivity index (χ4v) is 2.34. The Morgan fingerprint density at radius 1 is 1.24 bits per heavy atom. The number of halogens is 2. The lowest BCUT2D eigenvalue weighted by Gasteiger charge is -2.19. The van der Waals surface area contributed by atoms with Gasteiger partial charge in [-0.1, -0.05) is 62.2 Å². The highest BCUT2D eigenvalue weighted by molar-refractivity contribution is 9.25. The summed E-state index contributed by atoms with van der Waals surface area (Å²) in [6.45, 7) is 0.901. The van der Waals surface area contributed by atoms with Crippen LogP contribution in [-0.2, 0) is 4.79 Å². The van der Waals surface area contributed by atoms with Gasteiger partial charge in [-0.05, 0) is 32.6 Å². The number of alkyl halides is 2. The lowest BCUT2D eigenvalue weighted by Crippen LogP contribution is -2.23. The Balaban J connectivity index is 2.83. The van der Waals surface area contributed by atoms with E-state index in [1.807, 2.05) is 44.4 Å². The van der Waals surface area contributed by atoms with E-state index in [-0.39, 0.29) is 15.4 Å². The minimum absolute atomic E-state index is 0.0534. The summed E-state index contributed by atoms with van der Waals surface area (Å²) in [5.74, 6) is 0.125. The quantitative estimate of drug-likeness (QED) is 0.723. The molecule has 1 aromatic rings. The number of carbonyl (C=O) groups is 1. The van der Waals surface area contributed by atoms with E-state index >= 15 is 0 Å². The van der Waals surface area contributed by atoms with Crippen molar-refractivity contribution in [1.29, 1.82) is 0 Å². The summed E-state index contributed by atoms with van der Waals surface area (Å²) >= 11 is 6.60. The molecule has 0 amide bonds. The van der Waals surface area contributed by atoms with Gasteiger partial charge in [0.15, 0.2) is 5.78 Å². The maximum atomic E-state index is 12.1. The van der Waals surface area contributed by atoms with Gasteiger partial charge in [-0.3, -0.25) is 4.79 Å². The van der Waals surface area contributed by atoms with E-state index < -0.39 is 0 Å². The summed E-state index contributed by atoms with van der Waals surface area (Å²) < 4.78 is -0.276. The van der Waals surface area contributed by atoms with Crippen molar-refractivity contribution in [3.05, 3.63) is 35.9 Å². The van der Waals surface area contributed by atoms with Crippen LogP contribution >= 0.6 is 31.9 Å². The maximum Gasteiger partial charge on any atom is 0.164 e. The molecule has 4 heteroatoms. The highest BCUT2D eigenvalue weighted by atomic mass is 79.9. The SMILES string of the molecule is CN(C)CCC(C(=O)C(Br)Br)c1ccccc1. The molecule has 2 nitrogen and oxygen atoms in total. The van der Waals surface area contributed by atoms with Crippen LogP contribution in [0.2, 0.25) is 0 Å². The molecule has 1 unspecified atom stereocenters. The summed E-state index contributed by atoms with van der Waals surface area (Å²) in [5, 5.41) is 0. The first kappa shape index (κ1) is 14.9. The first-order chi connectivity index (χ1) is 8.02. The van der Waals surface area contributed by atoms with E-state index in [0.29, 0.717) is 0 Å². The molecule has 0 radical (unpaired) electrons. The van der Waals surface area contributed by atoms with Gasteiger partial charge in [-0.15, -0.1) is 0 Å². The van der Waals surface area contributed by atoms with Crippen LogP contribution in [-0.4, -0.2) is 35.1 Å². The van der Waals surface area contributed by atoms with Gasteiger partial charge in [0.05, 0.1) is 0 Å². The first-order valence-electron chi connectivity index (χ1n) is 5.54. The third kappa shape index (κ3) is 4.90. The van der Waals surface area contributed by atoms with Crippen LogP contribution in [0.5, 0.6) is 0 Å². The molecule has 0 aliphatic heterocycles. The molecule has 0 N–H and O–H groups in total. The minimum atomic E-state index is -0.276. The van der Waals surface area contributed by atoms with Crippen molar-refractivity contribution >= 4 is 37.6 Å². The topological polar surface area (TPSA) is 20.3 Å². The molecule has 0 aliphatic rings. The fraction of sp³-hybridized carbons (Fsp3) is 0.462. The Hall–Kier alpha value is -0.190. The van der Waals surface area contributed by atoms with Crippen molar-refractivity contribution in [3.63, 3.8) is 0 Å². The average Bonchev–Trinajstić information content (AvgIpc) is 2.30. The molecule has 0 aromatic heterocycles. The largest absolute Gasteiger partial charge is 0.309 e. The molecule has 94 valence electrons. The van der Waals surface area contributed by atoms with Gasteiger partial charge >= 0.3 is 0 Å². The lowest BCUT2D eigenvalue weighted by atomic mass is 9.92. The number of hydrogen-bond acceptors (Lipinski definition) is 2. The third-order valence-electron chi connectivity index (χ3n) is 2.63. The predicted molar refractivity (Wildman–Crippen MR) is 79.0 cm³/mol. The Morgan fingerprint density at radius 3 is 2.29 bits per heavy atom. The van der Waals surface area contributed by atoms with E-state index in [1.54, 1.807) is 0 Å². The van der Waals surface area contributed by atoms with Crippen molar-refractivity contribution in [2.75, 3.05) is 20.6 Å². The van der Waals surface area contributed by atoms with Gasteiger partial charge < -0.3 is 4.90 Å². The van der Waals surface area contributed by atoms with Crippen molar-refractivity contribution in [2.45, 2.75) is 16.1 Å². The average molecular weight is 363 g/mol. The van der Waals surface area contributed by atoms with E-state index in [9.17, 15) is 4.79 Å². The van der Waals surface area contributed by atoms with Crippen LogP contribution in [0.4, 0.5) is 0 Å². The molecule has 0 bridgehead atoms. The second kappa shape index (κ2) is 7.29. The standard InChI is InChI=1S/C13H17Br2NO/c1-16(2)9-8-11(12(17)13(14)15)10-6-4-3-5-7-10/h3-7,11,13H,8-9H2,1-2H3. The predicted octanol–water partition coefficient (Wildman–Crippen LogP) is 3.41. The number of carbonyl (C=O) groups excluding carboxylic acids is 1. The zero-order valence-corrected chi connectivity index (χ0v) is 13.2. The van der Waals surface area contributed by atoms with Crippen LogP contribution < -0.4 is 0 Å². The van der Waals surface area contributed by atoms with Crippen molar-refractivity contribution < 1.29 is 4.79 Å². The van der Waals surface area contributed by atoms with E-state index in [2.05, 4.69) is 36.8 Å². The number of benzene rings is 1. The van der Waals surface area contributed by atoms with Gasteiger partial charge in [0.25, 0.3) is 0 Å². The molecule has 0 aliphatic carbocycles. The van der Waals surface area contributed by atoms with Gasteiger partial charge in [0, 0.05) is 5.92 Å². The zero-order chi connectivity index (χ0) is 12.8. The number of hydrogen-bond donors (Lipinski definition) is 0. The second-order valence-corrected chi connectivity index (χ2v) is 7.32. The van der Waals surface area contributed by atoms with Crippen molar-refractivity contribution in [3.8, 4) is 0 Å². The van der Waals surface area contributed by atoms with E-state index in [4.69, 9.17) is 0 Å². The summed E-state index contributed by atoms with van der Waals surface area (Å²) in [6.07, 6.45) is 0.837. The van der Waals surface area contributed by atoms with E-state index in [1.165, 1.54) is 0 Å². The maximum absolute atomic E-state index is 12.1. The molecule has 1 aromatic carbocycles. The summed E-state index contributed by atoms with van der Waals surface area (Å²) in [5.41, 5.74) is 1.09. The van der Waals surface area contributed by atoms with Crippen LogP contribution in [0.3, 0.4) is 0 Å². The monoisotopic (exact) mass is 361 g/mol. The molecule has 0 saturated heterocycles. The highest BCUT2D eigenvalue weighted by Crippen LogP contribution is 2.26. The molecule has 0 saturated carbocycles. The van der Waals surface area contributed by atoms with Gasteiger partial charge in [0.2, 0.25) is 0 Å². The van der Waals surface area contributed by atoms with Crippen molar-refractivity contribution in [2.24, 2.45) is 0 Å². The molecule has 0 spiro atoms. The third-order valence-corrected chi connectivity index (χ3v) is 3.53. The van der Waals surface area contributed by atoms with Crippen LogP contribution in [0.25, 0.3) is 0 Å². The van der Waals surface area contributed by atoms with Crippen molar-refractivity contribution in [1.82, 2.24) is 4.90 Å². The highest BCUT2D eigenvalue weighted by Gasteiger charge is 2.24. The normalized spacial score (nSPS) is 13.1. The zero-order valence-electron chi connectivity index (χ0n) is 10.1. The number of Topliss-reactive ketones (excluding diaryl/α,β-unsaturated/α-hetero) is 1. The molecular formula is C13H17Br2NO. The summed E-state index contributed by atoms with van der Waals surface area (Å²) in [6, 6.07) is 9.95. The Morgan fingerprint density at radius 2 is 1.82 bits per heavy atom. The fourth-order valence-electron chi connectivity index (χ4n) is 1.70. The molecule has 1 atom stereocenters. The minimum Gasteiger partial charge on any atom is -0.309 e. The lowest BCUT2D eigenvalue weighted by molar-refractivity contribution is -0.118.